The Hall–Kier alpha value is -2.97. The highest BCUT2D eigenvalue weighted by Crippen LogP contribution is 2.31. The molecule has 0 spiro atoms. The number of carbonyl (C=O) groups is 1. The van der Waals surface area contributed by atoms with Crippen LogP contribution in [0.15, 0.2) is 48.9 Å². The molecule has 2 heterocycles. The van der Waals surface area contributed by atoms with Crippen LogP contribution in [0.25, 0.3) is 10.6 Å². The average molecular weight is 399 g/mol. The van der Waals surface area contributed by atoms with Crippen molar-refractivity contribution in [3.63, 3.8) is 0 Å². The van der Waals surface area contributed by atoms with Gasteiger partial charge in [0.25, 0.3) is 5.91 Å². The fourth-order valence-electron chi connectivity index (χ4n) is 2.45. The van der Waals surface area contributed by atoms with Crippen LogP contribution in [0, 0.1) is 0 Å². The third kappa shape index (κ3) is 5.05. The normalized spacial score (nSPS) is 10.5. The van der Waals surface area contributed by atoms with Gasteiger partial charge in [0, 0.05) is 49.8 Å². The van der Waals surface area contributed by atoms with Crippen molar-refractivity contribution < 1.29 is 19.0 Å². The molecule has 3 aromatic rings. The molecule has 1 aromatic carbocycles. The second-order valence-electron chi connectivity index (χ2n) is 5.78. The molecular formula is C20H21N3O4S. The van der Waals surface area contributed by atoms with Crippen LogP contribution in [0.2, 0.25) is 0 Å². The number of rotatable bonds is 9. The van der Waals surface area contributed by atoms with Crippen LogP contribution in [0.3, 0.4) is 0 Å². The summed E-state index contributed by atoms with van der Waals surface area (Å²) < 4.78 is 16.1. The van der Waals surface area contributed by atoms with Crippen molar-refractivity contribution in [2.75, 3.05) is 32.8 Å². The second-order valence-corrected chi connectivity index (χ2v) is 6.81. The predicted octanol–water partition coefficient (Wildman–Crippen LogP) is 3.88. The number of ether oxygens (including phenoxy) is 3. The molecule has 0 atom stereocenters. The number of hydrogen-bond donors (Lipinski definition) is 1. The standard InChI is InChI=1S/C20H21N3O4S/c1-25-10-3-11-27-16-5-4-15(12-17(16)26-2)23-19(24)18-13-22-20(28-18)14-6-8-21-9-7-14/h4-9,12-13H,3,10-11H2,1-2H3,(H,23,24). The van der Waals surface area contributed by atoms with Crippen LogP contribution in [0.5, 0.6) is 11.5 Å². The summed E-state index contributed by atoms with van der Waals surface area (Å²) in [5.41, 5.74) is 1.54. The zero-order valence-corrected chi connectivity index (χ0v) is 16.5. The van der Waals surface area contributed by atoms with Crippen molar-refractivity contribution >= 4 is 22.9 Å². The summed E-state index contributed by atoms with van der Waals surface area (Å²) in [5, 5.41) is 3.63. The van der Waals surface area contributed by atoms with Gasteiger partial charge in [-0.1, -0.05) is 0 Å². The van der Waals surface area contributed by atoms with E-state index in [0.29, 0.717) is 35.3 Å². The molecule has 28 heavy (non-hydrogen) atoms. The lowest BCUT2D eigenvalue weighted by atomic mass is 10.2. The number of anilines is 1. The van der Waals surface area contributed by atoms with E-state index in [1.807, 2.05) is 12.1 Å². The maximum absolute atomic E-state index is 12.5. The molecule has 3 rings (SSSR count). The quantitative estimate of drug-likeness (QED) is 0.550. The number of carbonyl (C=O) groups excluding carboxylic acids is 1. The first-order chi connectivity index (χ1) is 13.7. The van der Waals surface area contributed by atoms with Gasteiger partial charge in [-0.15, -0.1) is 11.3 Å². The van der Waals surface area contributed by atoms with Gasteiger partial charge in [0.05, 0.1) is 19.9 Å². The van der Waals surface area contributed by atoms with Crippen LogP contribution in [-0.2, 0) is 4.74 Å². The van der Waals surface area contributed by atoms with Gasteiger partial charge in [-0.2, -0.15) is 0 Å². The summed E-state index contributed by atoms with van der Waals surface area (Å²) in [4.78, 5) is 21.4. The van der Waals surface area contributed by atoms with Gasteiger partial charge in [-0.05, 0) is 24.3 Å². The molecule has 0 unspecified atom stereocenters. The molecule has 0 fully saturated rings. The molecule has 8 heteroatoms. The molecule has 0 aliphatic carbocycles. The van der Waals surface area contributed by atoms with Crippen molar-refractivity contribution in [3.8, 4) is 22.1 Å². The Bertz CT molecular complexity index is 915. The summed E-state index contributed by atoms with van der Waals surface area (Å²) in [5.74, 6) is 0.944. The minimum absolute atomic E-state index is 0.228. The van der Waals surface area contributed by atoms with E-state index in [1.54, 1.807) is 51.0 Å². The highest BCUT2D eigenvalue weighted by atomic mass is 32.1. The van der Waals surface area contributed by atoms with E-state index >= 15 is 0 Å². The number of pyridine rings is 1. The maximum Gasteiger partial charge on any atom is 0.267 e. The zero-order valence-electron chi connectivity index (χ0n) is 15.7. The van der Waals surface area contributed by atoms with Crippen molar-refractivity contribution in [2.45, 2.75) is 6.42 Å². The SMILES string of the molecule is COCCCOc1ccc(NC(=O)c2cnc(-c3ccncc3)s2)cc1OC. The fourth-order valence-corrected chi connectivity index (χ4v) is 3.27. The van der Waals surface area contributed by atoms with E-state index in [-0.39, 0.29) is 5.91 Å². The summed E-state index contributed by atoms with van der Waals surface area (Å²) in [6.45, 7) is 1.15. The number of nitrogens with one attached hydrogen (secondary N) is 1. The molecule has 146 valence electrons. The van der Waals surface area contributed by atoms with E-state index in [0.717, 1.165) is 17.0 Å². The van der Waals surface area contributed by atoms with Gasteiger partial charge in [0.2, 0.25) is 0 Å². The molecule has 0 aliphatic rings. The number of methoxy groups -OCH3 is 2. The molecule has 7 nitrogen and oxygen atoms in total. The van der Waals surface area contributed by atoms with Gasteiger partial charge in [-0.25, -0.2) is 4.98 Å². The Morgan fingerprint density at radius 3 is 2.68 bits per heavy atom. The molecule has 0 radical (unpaired) electrons. The van der Waals surface area contributed by atoms with Gasteiger partial charge in [0.15, 0.2) is 11.5 Å². The summed E-state index contributed by atoms with van der Waals surface area (Å²) in [7, 11) is 3.22. The summed E-state index contributed by atoms with van der Waals surface area (Å²) in [6, 6.07) is 9.00. The highest BCUT2D eigenvalue weighted by molar-refractivity contribution is 7.17. The third-order valence-corrected chi connectivity index (χ3v) is 4.87. The Labute approximate surface area is 167 Å². The highest BCUT2D eigenvalue weighted by Gasteiger charge is 2.13. The van der Waals surface area contributed by atoms with Gasteiger partial charge in [0.1, 0.15) is 9.88 Å². The number of thiazole rings is 1. The Morgan fingerprint density at radius 2 is 1.93 bits per heavy atom. The van der Waals surface area contributed by atoms with E-state index in [4.69, 9.17) is 14.2 Å². The summed E-state index contributed by atoms with van der Waals surface area (Å²) >= 11 is 1.32. The van der Waals surface area contributed by atoms with Crippen LogP contribution < -0.4 is 14.8 Å². The monoisotopic (exact) mass is 399 g/mol. The average Bonchev–Trinajstić information content (AvgIpc) is 3.23. The Balaban J connectivity index is 1.66. The van der Waals surface area contributed by atoms with Gasteiger partial charge >= 0.3 is 0 Å². The molecule has 0 saturated heterocycles. The van der Waals surface area contributed by atoms with Gasteiger partial charge < -0.3 is 19.5 Å². The molecule has 1 amide bonds. The van der Waals surface area contributed by atoms with Crippen LogP contribution in [0.4, 0.5) is 5.69 Å². The van der Waals surface area contributed by atoms with Crippen molar-refractivity contribution in [2.24, 2.45) is 0 Å². The fraction of sp³-hybridized carbons (Fsp3) is 0.250. The topological polar surface area (TPSA) is 82.6 Å². The molecular weight excluding hydrogens is 378 g/mol. The molecule has 0 saturated carbocycles. The lowest BCUT2D eigenvalue weighted by molar-refractivity contribution is 0.103. The van der Waals surface area contributed by atoms with Gasteiger partial charge in [-0.3, -0.25) is 9.78 Å². The van der Waals surface area contributed by atoms with Crippen LogP contribution in [0.1, 0.15) is 16.1 Å². The minimum atomic E-state index is -0.228. The maximum atomic E-state index is 12.5. The van der Waals surface area contributed by atoms with Crippen LogP contribution in [-0.4, -0.2) is 43.3 Å². The first-order valence-electron chi connectivity index (χ1n) is 8.68. The lowest BCUT2D eigenvalue weighted by Gasteiger charge is -2.12. The number of benzene rings is 1. The van der Waals surface area contributed by atoms with E-state index < -0.39 is 0 Å². The lowest BCUT2D eigenvalue weighted by Crippen LogP contribution is -2.10. The first kappa shape index (κ1) is 19.8. The second kappa shape index (κ2) is 9.82. The summed E-state index contributed by atoms with van der Waals surface area (Å²) in [6.07, 6.45) is 5.74. The smallest absolute Gasteiger partial charge is 0.267 e. The van der Waals surface area contributed by atoms with E-state index in [9.17, 15) is 4.79 Å². The largest absolute Gasteiger partial charge is 0.493 e. The minimum Gasteiger partial charge on any atom is -0.493 e. The van der Waals surface area contributed by atoms with Crippen molar-refractivity contribution in [3.05, 3.63) is 53.8 Å². The number of amides is 1. The number of hydrogen-bond acceptors (Lipinski definition) is 7. The van der Waals surface area contributed by atoms with E-state index in [2.05, 4.69) is 15.3 Å². The van der Waals surface area contributed by atoms with Crippen molar-refractivity contribution in [1.29, 1.82) is 0 Å². The molecule has 0 bridgehead atoms. The Kier molecular flexibility index (Phi) is 6.94. The molecule has 0 aliphatic heterocycles. The Morgan fingerprint density at radius 1 is 1.11 bits per heavy atom. The van der Waals surface area contributed by atoms with Crippen LogP contribution >= 0.6 is 11.3 Å². The number of nitrogens with zero attached hydrogens (tertiary/aromatic N) is 2. The van der Waals surface area contributed by atoms with Crippen molar-refractivity contribution in [1.82, 2.24) is 9.97 Å². The number of aromatic nitrogens is 2. The third-order valence-electron chi connectivity index (χ3n) is 3.83. The predicted molar refractivity (Wildman–Crippen MR) is 108 cm³/mol. The molecule has 1 N–H and O–H groups in total. The first-order valence-corrected chi connectivity index (χ1v) is 9.50. The zero-order chi connectivity index (χ0) is 19.8. The van der Waals surface area contributed by atoms with E-state index in [1.165, 1.54) is 11.3 Å². The molecule has 2 aromatic heterocycles.